The molecule has 3 aromatic rings. The molecule has 0 spiro atoms. The Labute approximate surface area is 177 Å². The number of halogens is 1. The highest BCUT2D eigenvalue weighted by Gasteiger charge is 2.12. The van der Waals surface area contributed by atoms with E-state index < -0.39 is 6.03 Å². The lowest BCUT2D eigenvalue weighted by Crippen LogP contribution is -2.20. The normalized spacial score (nSPS) is 10.6. The minimum absolute atomic E-state index is 0.178. The number of urea groups is 1. The van der Waals surface area contributed by atoms with Gasteiger partial charge in [0.2, 0.25) is 5.88 Å². The predicted molar refractivity (Wildman–Crippen MR) is 116 cm³/mol. The van der Waals surface area contributed by atoms with Crippen LogP contribution in [-0.4, -0.2) is 29.3 Å². The number of nitrogen functional groups attached to an aromatic ring is 1. The van der Waals surface area contributed by atoms with Crippen LogP contribution in [0.3, 0.4) is 0 Å². The molecule has 0 atom stereocenters. The summed E-state index contributed by atoms with van der Waals surface area (Å²) in [5, 5.41) is 9.42. The van der Waals surface area contributed by atoms with Crippen molar-refractivity contribution in [3.8, 4) is 11.6 Å². The molecule has 0 saturated heterocycles. The van der Waals surface area contributed by atoms with Crippen LogP contribution in [-0.2, 0) is 4.84 Å². The van der Waals surface area contributed by atoms with Crippen molar-refractivity contribution >= 4 is 41.0 Å². The van der Waals surface area contributed by atoms with Crippen LogP contribution in [0.4, 0.5) is 22.0 Å². The number of nitrogens with two attached hydrogens (primary N) is 1. The van der Waals surface area contributed by atoms with E-state index in [-0.39, 0.29) is 16.7 Å². The van der Waals surface area contributed by atoms with Crippen LogP contribution in [0.5, 0.6) is 11.6 Å². The van der Waals surface area contributed by atoms with Gasteiger partial charge in [0.05, 0.1) is 16.9 Å². The molecule has 1 heterocycles. The lowest BCUT2D eigenvalue weighted by atomic mass is 10.2. The number of hydrogen-bond donors (Lipinski definition) is 3. The molecule has 0 fully saturated rings. The molecule has 10 heteroatoms. The second kappa shape index (κ2) is 9.57. The number of nitrogens with one attached hydrogen (secondary N) is 2. The molecule has 0 bridgehead atoms. The molecule has 0 unspecified atom stereocenters. The average molecular weight is 427 g/mol. The Hall–Kier alpha value is -3.85. The van der Waals surface area contributed by atoms with Crippen molar-refractivity contribution in [3.05, 3.63) is 64.9 Å². The third kappa shape index (κ3) is 5.15. The van der Waals surface area contributed by atoms with Crippen molar-refractivity contribution in [2.75, 3.05) is 23.5 Å². The highest BCUT2D eigenvalue weighted by atomic mass is 35.5. The number of benzene rings is 2. The molecule has 3 rings (SSSR count). The van der Waals surface area contributed by atoms with Crippen molar-refractivity contribution in [1.29, 1.82) is 0 Å². The van der Waals surface area contributed by atoms with Crippen molar-refractivity contribution in [2.24, 2.45) is 5.16 Å². The number of para-hydroxylation sites is 1. The number of amides is 2. The van der Waals surface area contributed by atoms with E-state index >= 15 is 0 Å². The van der Waals surface area contributed by atoms with Crippen molar-refractivity contribution in [2.45, 2.75) is 6.92 Å². The fraction of sp³-hybridized carbons (Fsp3) is 0.100. The number of aryl methyl sites for hydroxylation is 1. The molecule has 9 nitrogen and oxygen atoms in total. The summed E-state index contributed by atoms with van der Waals surface area (Å²) in [5.41, 5.74) is 8.26. The first-order chi connectivity index (χ1) is 14.5. The van der Waals surface area contributed by atoms with Gasteiger partial charge >= 0.3 is 6.03 Å². The van der Waals surface area contributed by atoms with Gasteiger partial charge in [0.1, 0.15) is 30.6 Å². The van der Waals surface area contributed by atoms with Gasteiger partial charge in [-0.2, -0.15) is 0 Å². The van der Waals surface area contributed by atoms with E-state index in [4.69, 9.17) is 22.1 Å². The number of carbonyl (C=O) groups excluding carboxylic acids is 1. The van der Waals surface area contributed by atoms with Crippen molar-refractivity contribution < 1.29 is 14.4 Å². The lowest BCUT2D eigenvalue weighted by molar-refractivity contribution is 0.215. The fourth-order valence-electron chi connectivity index (χ4n) is 2.46. The second-order valence-electron chi connectivity index (χ2n) is 6.03. The second-order valence-corrected chi connectivity index (χ2v) is 6.44. The molecule has 0 aliphatic carbocycles. The molecular weight excluding hydrogens is 408 g/mol. The van der Waals surface area contributed by atoms with Gasteiger partial charge in [0.25, 0.3) is 0 Å². The highest BCUT2D eigenvalue weighted by Crippen LogP contribution is 2.31. The van der Waals surface area contributed by atoms with Gasteiger partial charge in [-0.1, -0.05) is 35.0 Å². The maximum Gasteiger partial charge on any atom is 0.323 e. The van der Waals surface area contributed by atoms with Crippen molar-refractivity contribution in [3.63, 3.8) is 0 Å². The molecule has 2 aromatic carbocycles. The first kappa shape index (κ1) is 20.9. The van der Waals surface area contributed by atoms with Gasteiger partial charge in [-0.3, -0.25) is 0 Å². The summed E-state index contributed by atoms with van der Waals surface area (Å²) in [6.07, 6.45) is 2.61. The lowest BCUT2D eigenvalue weighted by Gasteiger charge is -2.12. The van der Waals surface area contributed by atoms with Gasteiger partial charge in [0, 0.05) is 11.8 Å². The van der Waals surface area contributed by atoms with Crippen LogP contribution >= 0.6 is 11.6 Å². The minimum atomic E-state index is -0.415. The monoisotopic (exact) mass is 426 g/mol. The molecule has 0 saturated carbocycles. The Morgan fingerprint density at radius 1 is 1.17 bits per heavy atom. The molecule has 4 N–H and O–H groups in total. The Balaban J connectivity index is 1.73. The zero-order valence-electron chi connectivity index (χ0n) is 16.2. The molecule has 0 aliphatic rings. The van der Waals surface area contributed by atoms with E-state index in [1.54, 1.807) is 18.2 Å². The van der Waals surface area contributed by atoms with E-state index in [0.717, 1.165) is 5.56 Å². The van der Waals surface area contributed by atoms with E-state index in [1.807, 2.05) is 31.2 Å². The van der Waals surface area contributed by atoms with Crippen LogP contribution in [0.2, 0.25) is 5.02 Å². The van der Waals surface area contributed by atoms with E-state index in [9.17, 15) is 4.79 Å². The summed E-state index contributed by atoms with van der Waals surface area (Å²) >= 11 is 6.30. The number of hydrogen-bond acceptors (Lipinski definition) is 7. The largest absolute Gasteiger partial charge is 0.438 e. The number of oxime groups is 1. The first-order valence-electron chi connectivity index (χ1n) is 8.76. The maximum absolute atomic E-state index is 12.3. The fourth-order valence-corrected chi connectivity index (χ4v) is 2.68. The predicted octanol–water partition coefficient (Wildman–Crippen LogP) is 4.44. The van der Waals surface area contributed by atoms with Gasteiger partial charge in [-0.15, -0.1) is 0 Å². The quantitative estimate of drug-likeness (QED) is 0.395. The minimum Gasteiger partial charge on any atom is -0.438 e. The zero-order chi connectivity index (χ0) is 21.5. The summed E-state index contributed by atoms with van der Waals surface area (Å²) in [7, 11) is 1.40. The first-order valence-corrected chi connectivity index (χ1v) is 9.13. The van der Waals surface area contributed by atoms with Crippen LogP contribution in [0, 0.1) is 6.92 Å². The molecule has 30 heavy (non-hydrogen) atoms. The van der Waals surface area contributed by atoms with E-state index in [1.165, 1.54) is 19.7 Å². The Bertz CT molecular complexity index is 1090. The zero-order valence-corrected chi connectivity index (χ0v) is 17.0. The standard InChI is InChI=1S/C20H19ClN6O3/c1-12-5-3-4-6-16(12)26-20(28)27-17-8-7-13(9-15(17)21)30-19-14(10-25-29-2)18(22)23-11-24-19/h3-11H,1-2H3,(H2,22,23,24)(H2,26,27,28)/b25-10+. The van der Waals surface area contributed by atoms with E-state index in [2.05, 4.69) is 30.6 Å². The number of aromatic nitrogens is 2. The van der Waals surface area contributed by atoms with E-state index in [0.29, 0.717) is 22.7 Å². The molecular formula is C20H19ClN6O3. The number of rotatable bonds is 6. The molecule has 0 radical (unpaired) electrons. The summed E-state index contributed by atoms with van der Waals surface area (Å²) < 4.78 is 5.75. The molecule has 1 aromatic heterocycles. The van der Waals surface area contributed by atoms with Crippen LogP contribution < -0.4 is 21.1 Å². The summed E-state index contributed by atoms with van der Waals surface area (Å²) in [6, 6.07) is 11.8. The average Bonchev–Trinajstić information content (AvgIpc) is 2.71. The number of anilines is 3. The Morgan fingerprint density at radius 3 is 2.67 bits per heavy atom. The van der Waals surface area contributed by atoms with Gasteiger partial charge in [-0.05, 0) is 30.7 Å². The van der Waals surface area contributed by atoms with Gasteiger partial charge < -0.3 is 25.9 Å². The summed E-state index contributed by atoms with van der Waals surface area (Å²) in [6.45, 7) is 1.90. The van der Waals surface area contributed by atoms with Crippen LogP contribution in [0.15, 0.2) is 53.9 Å². The Morgan fingerprint density at radius 2 is 1.93 bits per heavy atom. The SMILES string of the molecule is CO/N=C/c1c(N)ncnc1Oc1ccc(NC(=O)Nc2ccccc2C)c(Cl)c1. The Kier molecular flexibility index (Phi) is 6.66. The summed E-state index contributed by atoms with van der Waals surface area (Å²) in [5.74, 6) is 0.741. The topological polar surface area (TPSA) is 124 Å². The van der Waals surface area contributed by atoms with Gasteiger partial charge in [-0.25, -0.2) is 14.8 Å². The number of ether oxygens (including phenoxy) is 1. The maximum atomic E-state index is 12.3. The third-order valence-corrected chi connectivity index (χ3v) is 4.27. The number of carbonyl (C=O) groups is 1. The smallest absolute Gasteiger partial charge is 0.323 e. The molecule has 154 valence electrons. The highest BCUT2D eigenvalue weighted by molar-refractivity contribution is 6.34. The summed E-state index contributed by atoms with van der Waals surface area (Å²) in [4.78, 5) is 24.9. The van der Waals surface area contributed by atoms with Crippen molar-refractivity contribution in [1.82, 2.24) is 9.97 Å². The third-order valence-electron chi connectivity index (χ3n) is 3.96. The van der Waals surface area contributed by atoms with Crippen LogP contribution in [0.1, 0.15) is 11.1 Å². The molecule has 0 aliphatic heterocycles. The number of nitrogens with zero attached hydrogens (tertiary/aromatic N) is 3. The van der Waals surface area contributed by atoms with Gasteiger partial charge in [0.15, 0.2) is 0 Å². The molecule has 2 amide bonds. The van der Waals surface area contributed by atoms with Crippen LogP contribution in [0.25, 0.3) is 0 Å².